The van der Waals surface area contributed by atoms with E-state index in [1.807, 2.05) is 54.0 Å². The summed E-state index contributed by atoms with van der Waals surface area (Å²) in [5, 5.41) is 1.15. The summed E-state index contributed by atoms with van der Waals surface area (Å²) in [7, 11) is -4.18. The lowest BCUT2D eigenvalue weighted by atomic mass is 10.2. The third-order valence-electron chi connectivity index (χ3n) is 9.72. The minimum atomic E-state index is -4.18. The van der Waals surface area contributed by atoms with Gasteiger partial charge in [-0.1, -0.05) is 102 Å². The molecular formula is C45H46N3O4S6+. The summed E-state index contributed by atoms with van der Waals surface area (Å²) in [4.78, 5) is 21.5. The number of aromatic nitrogens is 2. The molecule has 2 aromatic heterocycles. The Morgan fingerprint density at radius 1 is 0.828 bits per heavy atom. The highest BCUT2D eigenvalue weighted by Crippen LogP contribution is 2.48. The maximum Gasteiger partial charge on any atom is 0.269 e. The maximum atomic E-state index is 13.7. The number of benzene rings is 4. The monoisotopic (exact) mass is 884 g/mol. The number of allylic oxidation sites excluding steroid dienone is 2. The predicted octanol–water partition coefficient (Wildman–Crippen LogP) is 10.3. The van der Waals surface area contributed by atoms with Crippen molar-refractivity contribution in [3.8, 4) is 0 Å². The molecule has 3 heterocycles. The van der Waals surface area contributed by atoms with Gasteiger partial charge in [0.15, 0.2) is 6.54 Å². The van der Waals surface area contributed by atoms with Crippen LogP contribution in [0.15, 0.2) is 144 Å². The van der Waals surface area contributed by atoms with Gasteiger partial charge in [-0.3, -0.25) is 13.9 Å². The summed E-state index contributed by atoms with van der Waals surface area (Å²) < 4.78 is 40.6. The van der Waals surface area contributed by atoms with Gasteiger partial charge in [0.2, 0.25) is 5.52 Å². The average Bonchev–Trinajstić information content (AvgIpc) is 3.85. The second kappa shape index (κ2) is 19.5. The number of thiazole rings is 2. The lowest BCUT2D eigenvalue weighted by Gasteiger charge is -2.22. The molecule has 0 amide bonds. The molecule has 0 saturated carbocycles. The fraction of sp³-hybridized carbons (Fsp3) is 0.244. The van der Waals surface area contributed by atoms with Crippen molar-refractivity contribution in [3.63, 3.8) is 0 Å². The quantitative estimate of drug-likeness (QED) is 0.0585. The van der Waals surface area contributed by atoms with Gasteiger partial charge in [0.25, 0.3) is 20.7 Å². The molecule has 0 bridgehead atoms. The van der Waals surface area contributed by atoms with E-state index >= 15 is 0 Å². The van der Waals surface area contributed by atoms with Crippen molar-refractivity contribution in [2.45, 2.75) is 89.3 Å². The fourth-order valence-corrected chi connectivity index (χ4v) is 11.9. The molecule has 0 aliphatic carbocycles. The fourth-order valence-electron chi connectivity index (χ4n) is 6.56. The Morgan fingerprint density at radius 2 is 1.52 bits per heavy atom. The molecule has 1 atom stereocenters. The number of thioether (sulfide) groups is 1. The molecule has 58 heavy (non-hydrogen) atoms. The highest BCUT2D eigenvalue weighted by Gasteiger charge is 2.28. The normalized spacial score (nSPS) is 15.0. The minimum Gasteiger partial charge on any atom is -0.335 e. The Labute approximate surface area is 361 Å². The van der Waals surface area contributed by atoms with E-state index in [4.69, 9.17) is 0 Å². The van der Waals surface area contributed by atoms with Crippen molar-refractivity contribution >= 4 is 102 Å². The van der Waals surface area contributed by atoms with Crippen molar-refractivity contribution in [1.29, 1.82) is 0 Å². The molecule has 13 heteroatoms. The van der Waals surface area contributed by atoms with E-state index in [1.165, 1.54) is 49.7 Å². The van der Waals surface area contributed by atoms with Gasteiger partial charge in [0, 0.05) is 56.1 Å². The zero-order chi connectivity index (χ0) is 40.6. The van der Waals surface area contributed by atoms with Crippen molar-refractivity contribution in [1.82, 2.24) is 4.57 Å². The van der Waals surface area contributed by atoms with Gasteiger partial charge in [-0.15, -0.1) is 11.3 Å². The molecule has 0 fully saturated rings. The van der Waals surface area contributed by atoms with Crippen molar-refractivity contribution < 1.29 is 17.5 Å². The summed E-state index contributed by atoms with van der Waals surface area (Å²) in [6.45, 7) is 7.62. The first-order chi connectivity index (χ1) is 28.1. The van der Waals surface area contributed by atoms with Gasteiger partial charge in [-0.05, 0) is 99.5 Å². The lowest BCUT2D eigenvalue weighted by molar-refractivity contribution is -0.669. The number of nitrogens with zero attached hydrogens (tertiary/aromatic N) is 3. The van der Waals surface area contributed by atoms with E-state index in [0.717, 1.165) is 49.5 Å². The number of anilines is 1. The van der Waals surface area contributed by atoms with Crippen LogP contribution in [-0.4, -0.2) is 29.3 Å². The number of aryl methyl sites for hydroxylation is 1. The van der Waals surface area contributed by atoms with Crippen LogP contribution in [0, 0.1) is 0 Å². The molecule has 7 nitrogen and oxygen atoms in total. The summed E-state index contributed by atoms with van der Waals surface area (Å²) in [6.07, 6.45) is 13.8. The molecular weight excluding hydrogens is 839 g/mol. The molecule has 0 radical (unpaired) electrons. The van der Waals surface area contributed by atoms with Gasteiger partial charge in [0.05, 0.1) is 25.2 Å². The van der Waals surface area contributed by atoms with Crippen LogP contribution in [0.25, 0.3) is 28.4 Å². The van der Waals surface area contributed by atoms with E-state index in [9.17, 15) is 17.8 Å². The second-order valence-corrected chi connectivity index (χ2v) is 21.1. The van der Waals surface area contributed by atoms with Crippen LogP contribution in [0.4, 0.5) is 5.69 Å². The van der Waals surface area contributed by atoms with E-state index in [-0.39, 0.29) is 12.0 Å². The van der Waals surface area contributed by atoms with Crippen molar-refractivity contribution in [3.05, 3.63) is 139 Å². The number of hydrogen-bond donors (Lipinski definition) is 1. The van der Waals surface area contributed by atoms with Crippen LogP contribution in [0.3, 0.4) is 0 Å². The summed E-state index contributed by atoms with van der Waals surface area (Å²) >= 11 is 8.28. The largest absolute Gasteiger partial charge is 0.335 e. The second-order valence-electron chi connectivity index (χ2n) is 13.8. The average molecular weight is 885 g/mol. The molecule has 0 saturated heterocycles. The minimum absolute atomic E-state index is 0.0439. The SMILES string of the molecule is CCCCC[n+]1c(/C=C/C=c2\s/c(=C/C=C3\Sc4ccc(Sc5ccccc5)cc4N3CCC(C)S(=O)(=O)O)c(=O)n2CC)sc2ccc(Sc3ccccc3)cc21. The number of hydrogen-bond acceptors (Lipinski definition) is 9. The summed E-state index contributed by atoms with van der Waals surface area (Å²) in [5.74, 6) is 0. The highest BCUT2D eigenvalue weighted by molar-refractivity contribution is 8.03. The standard InChI is InChI=1S/C45H45N3O4S6/c1-4-6-13-28-47-37-30-35(53-33-15-9-7-10-16-33)21-23-39(37)55-43(47)20-14-19-42-46(5-2)45(49)41(57-42)25-26-44-48(29-27-32(3)58(50,51)52)38-31-36(22-24-40(38)56-44)54-34-17-11-8-12-18-34/h7-12,14-26,30-32H,4-6,13,27-29H2,1-3H3/p+1/b41-25+,44-26-. The van der Waals surface area contributed by atoms with Gasteiger partial charge in [-0.2, -0.15) is 13.0 Å². The highest BCUT2D eigenvalue weighted by atomic mass is 32.2. The van der Waals surface area contributed by atoms with E-state index in [1.54, 1.807) is 46.6 Å². The van der Waals surface area contributed by atoms with Crippen LogP contribution in [0.2, 0.25) is 0 Å². The molecule has 7 rings (SSSR count). The molecule has 1 aliphatic rings. The lowest BCUT2D eigenvalue weighted by Crippen LogP contribution is -2.35. The summed E-state index contributed by atoms with van der Waals surface area (Å²) in [5.41, 5.74) is 2.18. The first-order valence-electron chi connectivity index (χ1n) is 19.4. The molecule has 300 valence electrons. The van der Waals surface area contributed by atoms with E-state index in [0.29, 0.717) is 17.6 Å². The third kappa shape index (κ3) is 10.3. The summed E-state index contributed by atoms with van der Waals surface area (Å²) in [6, 6.07) is 33.7. The van der Waals surface area contributed by atoms with Crippen LogP contribution < -0.4 is 24.2 Å². The number of rotatable bonds is 16. The molecule has 1 aliphatic heterocycles. The first-order valence-corrected chi connectivity index (χ1v) is 25.0. The third-order valence-corrected chi connectivity index (χ3v) is 16.3. The van der Waals surface area contributed by atoms with Crippen LogP contribution >= 0.6 is 58.0 Å². The zero-order valence-electron chi connectivity index (χ0n) is 32.6. The Hall–Kier alpha value is -3.82. The Morgan fingerprint density at radius 3 is 2.19 bits per heavy atom. The van der Waals surface area contributed by atoms with Gasteiger partial charge in [0.1, 0.15) is 4.70 Å². The molecule has 0 spiro atoms. The zero-order valence-corrected chi connectivity index (χ0v) is 37.5. The van der Waals surface area contributed by atoms with Crippen LogP contribution in [0.5, 0.6) is 0 Å². The molecule has 6 aromatic rings. The van der Waals surface area contributed by atoms with Crippen molar-refractivity contribution in [2.24, 2.45) is 0 Å². The Kier molecular flexibility index (Phi) is 14.2. The van der Waals surface area contributed by atoms with Gasteiger partial charge in [-0.25, -0.2) is 0 Å². The van der Waals surface area contributed by atoms with E-state index in [2.05, 4.69) is 101 Å². The Bertz CT molecular complexity index is 2740. The maximum absolute atomic E-state index is 13.7. The topological polar surface area (TPSA) is 83.5 Å². The molecule has 1 unspecified atom stereocenters. The molecule has 1 N–H and O–H groups in total. The van der Waals surface area contributed by atoms with Gasteiger partial charge < -0.3 is 4.90 Å². The smallest absolute Gasteiger partial charge is 0.269 e. The molecule has 4 aromatic carbocycles. The van der Waals surface area contributed by atoms with Crippen molar-refractivity contribution in [2.75, 3.05) is 11.4 Å². The first kappa shape index (κ1) is 42.3. The van der Waals surface area contributed by atoms with Crippen LogP contribution in [0.1, 0.15) is 51.5 Å². The van der Waals surface area contributed by atoms with Gasteiger partial charge >= 0.3 is 0 Å². The predicted molar refractivity (Wildman–Crippen MR) is 247 cm³/mol. The number of unbranched alkanes of at least 4 members (excludes halogenated alkanes) is 2. The van der Waals surface area contributed by atoms with Crippen LogP contribution in [-0.2, 0) is 23.2 Å². The van der Waals surface area contributed by atoms with E-state index < -0.39 is 15.4 Å². The number of fused-ring (bicyclic) bond motifs is 2. The Balaban J connectivity index is 1.19.